The van der Waals surface area contributed by atoms with Crippen molar-refractivity contribution in [3.8, 4) is 0 Å². The summed E-state index contributed by atoms with van der Waals surface area (Å²) < 4.78 is 0. The van der Waals surface area contributed by atoms with Gasteiger partial charge in [-0.05, 0) is 11.8 Å². The van der Waals surface area contributed by atoms with Crippen molar-refractivity contribution in [1.82, 2.24) is 10.3 Å². The number of nitrogens with one attached hydrogen (secondary N) is 1. The lowest BCUT2D eigenvalue weighted by molar-refractivity contribution is -0.139. The van der Waals surface area contributed by atoms with Crippen LogP contribution in [-0.2, 0) is 4.79 Å². The molecule has 1 atom stereocenters. The van der Waals surface area contributed by atoms with E-state index < -0.39 is 17.9 Å². The summed E-state index contributed by atoms with van der Waals surface area (Å²) in [6, 6.07) is 6.21. The van der Waals surface area contributed by atoms with Crippen LogP contribution in [0.2, 0.25) is 5.15 Å². The standard InChI is InChI=1S/C15H15ClN2O3/c1-2-5-12(15(20)21)18-14(19)11-8-17-13(16)10-7-4-3-6-9(10)11/h3-4,6-8,12H,2,5H2,1H3,(H,18,19)(H,20,21)/t12-/m0/s1. The van der Waals surface area contributed by atoms with Gasteiger partial charge in [0.2, 0.25) is 0 Å². The Kier molecular flexibility index (Phi) is 4.75. The van der Waals surface area contributed by atoms with Crippen molar-refractivity contribution in [1.29, 1.82) is 0 Å². The molecule has 0 aliphatic heterocycles. The number of halogens is 1. The first-order valence-electron chi connectivity index (χ1n) is 6.61. The average molecular weight is 307 g/mol. The summed E-state index contributed by atoms with van der Waals surface area (Å²) in [6.45, 7) is 1.86. The van der Waals surface area contributed by atoms with E-state index >= 15 is 0 Å². The molecule has 1 heterocycles. The van der Waals surface area contributed by atoms with Crippen molar-refractivity contribution in [2.24, 2.45) is 0 Å². The molecule has 0 bridgehead atoms. The minimum absolute atomic E-state index is 0.311. The van der Waals surface area contributed by atoms with Crippen molar-refractivity contribution in [2.75, 3.05) is 0 Å². The van der Waals surface area contributed by atoms with Gasteiger partial charge in [-0.2, -0.15) is 0 Å². The van der Waals surface area contributed by atoms with Crippen molar-refractivity contribution < 1.29 is 14.7 Å². The zero-order valence-electron chi connectivity index (χ0n) is 11.5. The number of hydrogen-bond acceptors (Lipinski definition) is 3. The fourth-order valence-electron chi connectivity index (χ4n) is 2.12. The molecule has 0 saturated heterocycles. The Morgan fingerprint density at radius 3 is 2.62 bits per heavy atom. The summed E-state index contributed by atoms with van der Waals surface area (Å²) in [5, 5.41) is 13.3. The van der Waals surface area contributed by atoms with E-state index in [0.717, 1.165) is 0 Å². The van der Waals surface area contributed by atoms with E-state index in [2.05, 4.69) is 10.3 Å². The number of aromatic nitrogens is 1. The van der Waals surface area contributed by atoms with E-state index in [1.807, 2.05) is 6.92 Å². The second kappa shape index (κ2) is 6.54. The topological polar surface area (TPSA) is 79.3 Å². The predicted molar refractivity (Wildman–Crippen MR) is 80.6 cm³/mol. The molecule has 0 unspecified atom stereocenters. The molecule has 110 valence electrons. The Labute approximate surface area is 126 Å². The summed E-state index contributed by atoms with van der Waals surface area (Å²) in [7, 11) is 0. The molecule has 6 heteroatoms. The van der Waals surface area contributed by atoms with Crippen LogP contribution >= 0.6 is 11.6 Å². The Morgan fingerprint density at radius 1 is 1.33 bits per heavy atom. The molecule has 0 saturated carbocycles. The van der Waals surface area contributed by atoms with Gasteiger partial charge < -0.3 is 10.4 Å². The third kappa shape index (κ3) is 3.31. The second-order valence-corrected chi connectivity index (χ2v) is 5.02. The number of carboxylic acid groups (broad SMARTS) is 1. The number of fused-ring (bicyclic) bond motifs is 1. The van der Waals surface area contributed by atoms with Crippen LogP contribution < -0.4 is 5.32 Å². The van der Waals surface area contributed by atoms with Crippen LogP contribution in [0.3, 0.4) is 0 Å². The molecule has 2 rings (SSSR count). The van der Waals surface area contributed by atoms with Crippen molar-refractivity contribution in [3.63, 3.8) is 0 Å². The summed E-state index contributed by atoms with van der Waals surface area (Å²) in [6.07, 6.45) is 2.40. The fourth-order valence-corrected chi connectivity index (χ4v) is 2.33. The number of aliphatic carboxylic acids is 1. The van der Waals surface area contributed by atoms with Crippen LogP contribution in [0, 0.1) is 0 Å². The molecule has 1 aromatic heterocycles. The van der Waals surface area contributed by atoms with Crippen LogP contribution in [0.4, 0.5) is 0 Å². The highest BCUT2D eigenvalue weighted by molar-refractivity contribution is 6.34. The number of benzene rings is 1. The number of carbonyl (C=O) groups is 2. The molecule has 0 aliphatic carbocycles. The van der Waals surface area contributed by atoms with Gasteiger partial charge in [0.25, 0.3) is 5.91 Å². The third-order valence-electron chi connectivity index (χ3n) is 3.17. The number of pyridine rings is 1. The van der Waals surface area contributed by atoms with E-state index in [9.17, 15) is 9.59 Å². The van der Waals surface area contributed by atoms with Gasteiger partial charge in [-0.15, -0.1) is 0 Å². The van der Waals surface area contributed by atoms with Gasteiger partial charge in [0.15, 0.2) is 0 Å². The molecule has 0 radical (unpaired) electrons. The Balaban J connectivity index is 2.36. The van der Waals surface area contributed by atoms with Crippen molar-refractivity contribution in [2.45, 2.75) is 25.8 Å². The van der Waals surface area contributed by atoms with Gasteiger partial charge in [-0.1, -0.05) is 49.2 Å². The minimum Gasteiger partial charge on any atom is -0.480 e. The first-order chi connectivity index (χ1) is 10.0. The zero-order chi connectivity index (χ0) is 15.4. The lowest BCUT2D eigenvalue weighted by Crippen LogP contribution is -2.40. The normalized spacial score (nSPS) is 12.1. The number of carbonyl (C=O) groups excluding carboxylic acids is 1. The van der Waals surface area contributed by atoms with Gasteiger partial charge in [-0.3, -0.25) is 4.79 Å². The fraction of sp³-hybridized carbons (Fsp3) is 0.267. The largest absolute Gasteiger partial charge is 0.480 e. The smallest absolute Gasteiger partial charge is 0.326 e. The molecule has 2 aromatic rings. The summed E-state index contributed by atoms with van der Waals surface area (Å²) in [5.41, 5.74) is 0.317. The lowest BCUT2D eigenvalue weighted by Gasteiger charge is -2.14. The van der Waals surface area contributed by atoms with Crippen LogP contribution in [-0.4, -0.2) is 28.0 Å². The monoisotopic (exact) mass is 306 g/mol. The molecule has 5 nitrogen and oxygen atoms in total. The quantitative estimate of drug-likeness (QED) is 0.832. The summed E-state index contributed by atoms with van der Waals surface area (Å²) in [4.78, 5) is 27.4. The van der Waals surface area contributed by atoms with Crippen LogP contribution in [0.25, 0.3) is 10.8 Å². The minimum atomic E-state index is -1.04. The predicted octanol–water partition coefficient (Wildman–Crippen LogP) is 2.87. The van der Waals surface area contributed by atoms with Gasteiger partial charge in [0, 0.05) is 11.6 Å². The summed E-state index contributed by atoms with van der Waals surface area (Å²) in [5.74, 6) is -1.51. The van der Waals surface area contributed by atoms with Crippen LogP contribution in [0.15, 0.2) is 30.5 Å². The van der Waals surface area contributed by atoms with Gasteiger partial charge in [0.05, 0.1) is 5.56 Å². The van der Waals surface area contributed by atoms with E-state index in [1.165, 1.54) is 6.20 Å². The highest BCUT2D eigenvalue weighted by Crippen LogP contribution is 2.24. The Bertz CT molecular complexity index is 688. The van der Waals surface area contributed by atoms with Gasteiger partial charge >= 0.3 is 5.97 Å². The first-order valence-corrected chi connectivity index (χ1v) is 6.99. The maximum Gasteiger partial charge on any atom is 0.326 e. The SMILES string of the molecule is CCC[C@H](NC(=O)c1cnc(Cl)c2ccccc12)C(=O)O. The van der Waals surface area contributed by atoms with Crippen LogP contribution in [0.1, 0.15) is 30.1 Å². The molecule has 1 aromatic carbocycles. The zero-order valence-corrected chi connectivity index (χ0v) is 12.2. The Morgan fingerprint density at radius 2 is 2.00 bits per heavy atom. The molecule has 1 amide bonds. The highest BCUT2D eigenvalue weighted by atomic mass is 35.5. The number of carboxylic acids is 1. The molecule has 21 heavy (non-hydrogen) atoms. The second-order valence-electron chi connectivity index (χ2n) is 4.66. The highest BCUT2D eigenvalue weighted by Gasteiger charge is 2.21. The maximum absolute atomic E-state index is 12.3. The molecule has 2 N–H and O–H groups in total. The number of rotatable bonds is 5. The molecule has 0 aliphatic rings. The van der Waals surface area contributed by atoms with Crippen molar-refractivity contribution >= 4 is 34.2 Å². The third-order valence-corrected chi connectivity index (χ3v) is 3.47. The number of amides is 1. The molecule has 0 spiro atoms. The Hall–Kier alpha value is -2.14. The molecule has 0 fully saturated rings. The van der Waals surface area contributed by atoms with E-state index in [-0.39, 0.29) is 0 Å². The lowest BCUT2D eigenvalue weighted by atomic mass is 10.1. The molecular weight excluding hydrogens is 292 g/mol. The first kappa shape index (κ1) is 15.3. The van der Waals surface area contributed by atoms with Gasteiger partial charge in [0.1, 0.15) is 11.2 Å². The van der Waals surface area contributed by atoms with E-state index in [0.29, 0.717) is 34.3 Å². The average Bonchev–Trinajstić information content (AvgIpc) is 2.47. The number of nitrogens with zero attached hydrogens (tertiary/aromatic N) is 1. The van der Waals surface area contributed by atoms with E-state index in [4.69, 9.17) is 16.7 Å². The van der Waals surface area contributed by atoms with E-state index in [1.54, 1.807) is 24.3 Å². The molecular formula is C15H15ClN2O3. The summed E-state index contributed by atoms with van der Waals surface area (Å²) >= 11 is 6.00. The number of hydrogen-bond donors (Lipinski definition) is 2. The van der Waals surface area contributed by atoms with Gasteiger partial charge in [-0.25, -0.2) is 9.78 Å². The van der Waals surface area contributed by atoms with Crippen LogP contribution in [0.5, 0.6) is 0 Å². The van der Waals surface area contributed by atoms with Crippen molar-refractivity contribution in [3.05, 3.63) is 41.2 Å². The maximum atomic E-state index is 12.3.